The lowest BCUT2D eigenvalue weighted by Gasteiger charge is -2.22. The molecule has 0 amide bonds. The average Bonchev–Trinajstić information content (AvgIpc) is 2.36. The van der Waals surface area contributed by atoms with Crippen molar-refractivity contribution >= 4 is 5.84 Å². The third-order valence-corrected chi connectivity index (χ3v) is 2.75. The molecular weight excluding hydrogens is 256 g/mol. The van der Waals surface area contributed by atoms with E-state index in [2.05, 4.69) is 36.2 Å². The number of hydrogen-bond donors (Lipinski definition) is 4. The van der Waals surface area contributed by atoms with Crippen molar-refractivity contribution in [2.24, 2.45) is 16.3 Å². The topological polar surface area (TPSA) is 104 Å². The highest BCUT2D eigenvalue weighted by atomic mass is 16.4. The van der Waals surface area contributed by atoms with Crippen LogP contribution in [0.25, 0.3) is 0 Å². The SMILES string of the molecule is CC(C)(C)CC(O)CNCc1ccnc(/C(N)=N/O)c1. The first-order valence-corrected chi connectivity index (χ1v) is 6.63. The van der Waals surface area contributed by atoms with Crippen molar-refractivity contribution < 1.29 is 10.3 Å². The van der Waals surface area contributed by atoms with Gasteiger partial charge in [0.1, 0.15) is 5.69 Å². The molecule has 1 unspecified atom stereocenters. The molecule has 1 atom stereocenters. The Morgan fingerprint density at radius 3 is 2.80 bits per heavy atom. The number of aliphatic hydroxyl groups excluding tert-OH is 1. The van der Waals surface area contributed by atoms with E-state index in [1.165, 1.54) is 0 Å². The third-order valence-electron chi connectivity index (χ3n) is 2.75. The largest absolute Gasteiger partial charge is 0.409 e. The van der Waals surface area contributed by atoms with Gasteiger partial charge in [0.05, 0.1) is 6.10 Å². The predicted molar refractivity (Wildman–Crippen MR) is 78.5 cm³/mol. The Bertz CT molecular complexity index is 455. The molecule has 0 saturated carbocycles. The van der Waals surface area contributed by atoms with Crippen LogP contribution in [0.3, 0.4) is 0 Å². The van der Waals surface area contributed by atoms with Gasteiger partial charge in [-0.25, -0.2) is 0 Å². The first-order valence-electron chi connectivity index (χ1n) is 6.63. The van der Waals surface area contributed by atoms with Crippen LogP contribution in [0.5, 0.6) is 0 Å². The van der Waals surface area contributed by atoms with Crippen LogP contribution in [0, 0.1) is 5.41 Å². The minimum absolute atomic E-state index is 0.0142. The smallest absolute Gasteiger partial charge is 0.188 e. The van der Waals surface area contributed by atoms with E-state index in [0.717, 1.165) is 12.0 Å². The Hall–Kier alpha value is -1.66. The van der Waals surface area contributed by atoms with Crippen molar-refractivity contribution in [3.63, 3.8) is 0 Å². The normalized spacial score (nSPS) is 14.3. The molecule has 1 rings (SSSR count). The van der Waals surface area contributed by atoms with Crippen LogP contribution in [-0.2, 0) is 6.54 Å². The van der Waals surface area contributed by atoms with Gasteiger partial charge in [0, 0.05) is 19.3 Å². The van der Waals surface area contributed by atoms with E-state index in [9.17, 15) is 5.11 Å². The van der Waals surface area contributed by atoms with Gasteiger partial charge in [-0.3, -0.25) is 4.98 Å². The van der Waals surface area contributed by atoms with Gasteiger partial charge >= 0.3 is 0 Å². The van der Waals surface area contributed by atoms with Crippen molar-refractivity contribution in [3.05, 3.63) is 29.6 Å². The number of hydrogen-bond acceptors (Lipinski definition) is 5. The summed E-state index contributed by atoms with van der Waals surface area (Å²) in [5.41, 5.74) is 6.99. The van der Waals surface area contributed by atoms with Gasteiger partial charge in [-0.2, -0.15) is 0 Å². The maximum atomic E-state index is 9.90. The minimum Gasteiger partial charge on any atom is -0.409 e. The second-order valence-electron chi connectivity index (χ2n) is 6.08. The molecule has 0 aliphatic heterocycles. The highest BCUT2D eigenvalue weighted by Gasteiger charge is 2.16. The van der Waals surface area contributed by atoms with Crippen molar-refractivity contribution in [1.82, 2.24) is 10.3 Å². The molecule has 0 aliphatic carbocycles. The summed E-state index contributed by atoms with van der Waals surface area (Å²) in [5, 5.41) is 24.6. The maximum Gasteiger partial charge on any atom is 0.188 e. The van der Waals surface area contributed by atoms with Gasteiger partial charge in [-0.1, -0.05) is 25.9 Å². The standard InChI is InChI=1S/C14H24N4O2/c1-14(2,3)7-11(19)9-16-8-10-4-5-17-12(6-10)13(15)18-20/h4-6,11,16,19-20H,7-9H2,1-3H3,(H2,15,18). The monoisotopic (exact) mass is 280 g/mol. The van der Waals surface area contributed by atoms with Crippen LogP contribution in [0.4, 0.5) is 0 Å². The molecule has 6 heteroatoms. The quantitative estimate of drug-likeness (QED) is 0.270. The van der Waals surface area contributed by atoms with Crippen LogP contribution >= 0.6 is 0 Å². The highest BCUT2D eigenvalue weighted by molar-refractivity contribution is 5.95. The molecule has 0 aromatic carbocycles. The molecule has 6 nitrogen and oxygen atoms in total. The fourth-order valence-electron chi connectivity index (χ4n) is 1.94. The summed E-state index contributed by atoms with van der Waals surface area (Å²) in [7, 11) is 0. The number of nitrogens with one attached hydrogen (secondary N) is 1. The molecule has 0 radical (unpaired) electrons. The van der Waals surface area contributed by atoms with E-state index in [1.54, 1.807) is 12.3 Å². The number of pyridine rings is 1. The molecule has 20 heavy (non-hydrogen) atoms. The molecule has 5 N–H and O–H groups in total. The van der Waals surface area contributed by atoms with E-state index in [4.69, 9.17) is 10.9 Å². The summed E-state index contributed by atoms with van der Waals surface area (Å²) in [6.07, 6.45) is 1.97. The van der Waals surface area contributed by atoms with E-state index >= 15 is 0 Å². The Kier molecular flexibility index (Phi) is 5.91. The van der Waals surface area contributed by atoms with Crippen LogP contribution in [0.2, 0.25) is 0 Å². The number of rotatable bonds is 6. The summed E-state index contributed by atoms with van der Waals surface area (Å²) in [5.74, 6) is -0.0142. The lowest BCUT2D eigenvalue weighted by Crippen LogP contribution is -2.30. The summed E-state index contributed by atoms with van der Waals surface area (Å²) < 4.78 is 0. The lowest BCUT2D eigenvalue weighted by atomic mass is 9.89. The van der Waals surface area contributed by atoms with Crippen LogP contribution < -0.4 is 11.1 Å². The molecule has 1 aromatic rings. The Balaban J connectivity index is 2.46. The van der Waals surface area contributed by atoms with Crippen molar-refractivity contribution in [1.29, 1.82) is 0 Å². The Morgan fingerprint density at radius 2 is 2.20 bits per heavy atom. The number of nitrogens with two attached hydrogens (primary N) is 1. The molecule has 1 heterocycles. The molecule has 0 spiro atoms. The number of aromatic nitrogens is 1. The average molecular weight is 280 g/mol. The molecule has 0 bridgehead atoms. The van der Waals surface area contributed by atoms with Crippen molar-refractivity contribution in [2.45, 2.75) is 39.8 Å². The molecule has 1 aromatic heterocycles. The summed E-state index contributed by atoms with van der Waals surface area (Å²) in [6, 6.07) is 3.59. The predicted octanol–water partition coefficient (Wildman–Crippen LogP) is 1.06. The zero-order chi connectivity index (χ0) is 15.2. The van der Waals surface area contributed by atoms with Crippen LogP contribution in [0.15, 0.2) is 23.5 Å². The highest BCUT2D eigenvalue weighted by Crippen LogP contribution is 2.20. The molecule has 0 saturated heterocycles. The zero-order valence-electron chi connectivity index (χ0n) is 12.3. The zero-order valence-corrected chi connectivity index (χ0v) is 12.3. The fraction of sp³-hybridized carbons (Fsp3) is 0.571. The first kappa shape index (κ1) is 16.4. The number of aliphatic hydroxyl groups is 1. The van der Waals surface area contributed by atoms with Crippen molar-refractivity contribution in [2.75, 3.05) is 6.54 Å². The van der Waals surface area contributed by atoms with E-state index in [1.807, 2.05) is 6.07 Å². The van der Waals surface area contributed by atoms with Gasteiger partial charge in [0.15, 0.2) is 5.84 Å². The van der Waals surface area contributed by atoms with Gasteiger partial charge in [0.25, 0.3) is 0 Å². The van der Waals surface area contributed by atoms with Gasteiger partial charge in [0.2, 0.25) is 0 Å². The Labute approximate surface area is 119 Å². The fourth-order valence-corrected chi connectivity index (χ4v) is 1.94. The van der Waals surface area contributed by atoms with Crippen molar-refractivity contribution in [3.8, 4) is 0 Å². The molecule has 0 aliphatic rings. The minimum atomic E-state index is -0.375. The first-order chi connectivity index (χ1) is 9.31. The van der Waals surface area contributed by atoms with Gasteiger partial charge < -0.3 is 21.4 Å². The van der Waals surface area contributed by atoms with Gasteiger partial charge in [-0.05, 0) is 29.5 Å². The Morgan fingerprint density at radius 1 is 1.50 bits per heavy atom. The maximum absolute atomic E-state index is 9.90. The van der Waals surface area contributed by atoms with E-state index in [0.29, 0.717) is 18.8 Å². The second kappa shape index (κ2) is 7.21. The summed E-state index contributed by atoms with van der Waals surface area (Å²) in [6.45, 7) is 7.42. The van der Waals surface area contributed by atoms with Crippen LogP contribution in [-0.4, -0.2) is 33.8 Å². The molecule has 0 fully saturated rings. The number of amidine groups is 1. The van der Waals surface area contributed by atoms with E-state index in [-0.39, 0.29) is 17.4 Å². The van der Waals surface area contributed by atoms with Gasteiger partial charge in [-0.15, -0.1) is 0 Å². The number of oxime groups is 1. The second-order valence-corrected chi connectivity index (χ2v) is 6.08. The third kappa shape index (κ3) is 5.99. The number of nitrogens with zero attached hydrogens (tertiary/aromatic N) is 2. The van der Waals surface area contributed by atoms with Crippen LogP contribution in [0.1, 0.15) is 38.4 Å². The van der Waals surface area contributed by atoms with E-state index < -0.39 is 0 Å². The molecule has 112 valence electrons. The molecular formula is C14H24N4O2. The summed E-state index contributed by atoms with van der Waals surface area (Å²) >= 11 is 0. The lowest BCUT2D eigenvalue weighted by molar-refractivity contribution is 0.119. The summed E-state index contributed by atoms with van der Waals surface area (Å²) in [4.78, 5) is 4.01.